The van der Waals surface area contributed by atoms with E-state index < -0.39 is 23.3 Å². The molecule has 1 aliphatic rings. The summed E-state index contributed by atoms with van der Waals surface area (Å²) in [5.74, 6) is -1.35. The maximum absolute atomic E-state index is 13.8. The Morgan fingerprint density at radius 3 is 2.86 bits per heavy atom. The predicted octanol–water partition coefficient (Wildman–Crippen LogP) is 1.19. The zero-order valence-corrected chi connectivity index (χ0v) is 12.5. The van der Waals surface area contributed by atoms with Crippen LogP contribution >= 0.6 is 0 Å². The summed E-state index contributed by atoms with van der Waals surface area (Å²) in [7, 11) is 0. The summed E-state index contributed by atoms with van der Waals surface area (Å²) in [5.41, 5.74) is -0.829. The Balaban J connectivity index is 1.84. The standard InChI is InChI=1S/C15H21F2N3O2/c1-10-3-4-12(16)11(13(10)17)7-19-14(21)20-9-15(22)5-2-6-18-8-15/h3-4,18,22H,2,5-9H2,1H3,(H2,19,20,21). The molecule has 2 amide bonds. The van der Waals surface area contributed by atoms with Crippen molar-refractivity contribution in [1.29, 1.82) is 0 Å². The van der Waals surface area contributed by atoms with Crippen LogP contribution in [0.25, 0.3) is 0 Å². The van der Waals surface area contributed by atoms with Crippen LogP contribution in [-0.2, 0) is 6.54 Å². The number of nitrogens with one attached hydrogen (secondary N) is 3. The zero-order valence-electron chi connectivity index (χ0n) is 12.5. The van der Waals surface area contributed by atoms with Gasteiger partial charge in [-0.15, -0.1) is 0 Å². The van der Waals surface area contributed by atoms with Crippen LogP contribution in [0, 0.1) is 18.6 Å². The molecule has 5 nitrogen and oxygen atoms in total. The van der Waals surface area contributed by atoms with Crippen molar-refractivity contribution in [2.24, 2.45) is 0 Å². The molecule has 2 rings (SSSR count). The van der Waals surface area contributed by atoms with Gasteiger partial charge in [-0.25, -0.2) is 13.6 Å². The van der Waals surface area contributed by atoms with Crippen LogP contribution < -0.4 is 16.0 Å². The SMILES string of the molecule is Cc1ccc(F)c(CNC(=O)NCC2(O)CCCNC2)c1F. The Morgan fingerprint density at radius 2 is 2.18 bits per heavy atom. The fraction of sp³-hybridized carbons (Fsp3) is 0.533. The van der Waals surface area contributed by atoms with Crippen molar-refractivity contribution < 1.29 is 18.7 Å². The van der Waals surface area contributed by atoms with Crippen LogP contribution in [0.5, 0.6) is 0 Å². The number of β-amino-alcohol motifs (C(OH)–C–C–N with tert-alkyl or cyclic N) is 1. The molecule has 0 saturated carbocycles. The van der Waals surface area contributed by atoms with Gasteiger partial charge in [-0.2, -0.15) is 0 Å². The monoisotopic (exact) mass is 313 g/mol. The normalized spacial score (nSPS) is 21.5. The van der Waals surface area contributed by atoms with Gasteiger partial charge in [-0.05, 0) is 37.9 Å². The molecule has 0 bridgehead atoms. The highest BCUT2D eigenvalue weighted by Gasteiger charge is 2.29. The number of rotatable bonds is 4. The fourth-order valence-electron chi connectivity index (χ4n) is 2.46. The summed E-state index contributed by atoms with van der Waals surface area (Å²) in [6, 6.07) is 1.95. The van der Waals surface area contributed by atoms with Gasteiger partial charge in [-0.1, -0.05) is 6.07 Å². The van der Waals surface area contributed by atoms with Gasteiger partial charge in [0.1, 0.15) is 11.6 Å². The van der Waals surface area contributed by atoms with Crippen molar-refractivity contribution in [2.75, 3.05) is 19.6 Å². The quantitative estimate of drug-likeness (QED) is 0.675. The predicted molar refractivity (Wildman–Crippen MR) is 78.4 cm³/mol. The number of hydrogen-bond acceptors (Lipinski definition) is 3. The van der Waals surface area contributed by atoms with Gasteiger partial charge in [0.25, 0.3) is 0 Å². The number of hydrogen-bond donors (Lipinski definition) is 4. The van der Waals surface area contributed by atoms with Crippen LogP contribution in [0.15, 0.2) is 12.1 Å². The molecule has 1 atom stereocenters. The van der Waals surface area contributed by atoms with Crippen molar-refractivity contribution in [2.45, 2.75) is 31.9 Å². The highest BCUT2D eigenvalue weighted by atomic mass is 19.1. The van der Waals surface area contributed by atoms with E-state index in [1.54, 1.807) is 0 Å². The summed E-state index contributed by atoms with van der Waals surface area (Å²) in [4.78, 5) is 11.7. The average molecular weight is 313 g/mol. The molecule has 1 fully saturated rings. The van der Waals surface area contributed by atoms with Gasteiger partial charge in [0.2, 0.25) is 0 Å². The van der Waals surface area contributed by atoms with Gasteiger partial charge in [0.15, 0.2) is 0 Å². The second-order valence-electron chi connectivity index (χ2n) is 5.70. The topological polar surface area (TPSA) is 73.4 Å². The molecular formula is C15H21F2N3O2. The lowest BCUT2D eigenvalue weighted by atomic mass is 9.94. The minimum Gasteiger partial charge on any atom is -0.387 e. The van der Waals surface area contributed by atoms with Crippen molar-refractivity contribution >= 4 is 6.03 Å². The number of halogens is 2. The smallest absolute Gasteiger partial charge is 0.315 e. The van der Waals surface area contributed by atoms with E-state index in [0.29, 0.717) is 18.5 Å². The number of piperidine rings is 1. The number of urea groups is 1. The number of aliphatic hydroxyl groups is 1. The molecule has 0 radical (unpaired) electrons. The highest BCUT2D eigenvalue weighted by Crippen LogP contribution is 2.16. The van der Waals surface area contributed by atoms with Gasteiger partial charge in [-0.3, -0.25) is 0 Å². The highest BCUT2D eigenvalue weighted by molar-refractivity contribution is 5.73. The van der Waals surface area contributed by atoms with Crippen molar-refractivity contribution in [3.05, 3.63) is 34.9 Å². The first kappa shape index (κ1) is 16.6. The van der Waals surface area contributed by atoms with Crippen LogP contribution in [0.1, 0.15) is 24.0 Å². The largest absolute Gasteiger partial charge is 0.387 e. The number of carbonyl (C=O) groups is 1. The van der Waals surface area contributed by atoms with Crippen LogP contribution in [-0.4, -0.2) is 36.4 Å². The zero-order chi connectivity index (χ0) is 16.2. The molecule has 1 aromatic rings. The Hall–Kier alpha value is -1.73. The Morgan fingerprint density at radius 1 is 1.41 bits per heavy atom. The van der Waals surface area contributed by atoms with Crippen molar-refractivity contribution in [3.63, 3.8) is 0 Å². The van der Waals surface area contributed by atoms with E-state index in [-0.39, 0.29) is 18.7 Å². The van der Waals surface area contributed by atoms with Crippen molar-refractivity contribution in [1.82, 2.24) is 16.0 Å². The molecule has 1 aromatic carbocycles. The molecular weight excluding hydrogens is 292 g/mol. The second kappa shape index (κ2) is 7.02. The third-order valence-corrected chi connectivity index (χ3v) is 3.83. The van der Waals surface area contributed by atoms with E-state index in [9.17, 15) is 18.7 Å². The number of carbonyl (C=O) groups excluding carboxylic acids is 1. The minimum atomic E-state index is -0.977. The Kier molecular flexibility index (Phi) is 5.31. The number of aryl methyl sites for hydroxylation is 1. The molecule has 1 heterocycles. The molecule has 1 unspecified atom stereocenters. The van der Waals surface area contributed by atoms with Crippen LogP contribution in [0.4, 0.5) is 13.6 Å². The van der Waals surface area contributed by atoms with E-state index in [2.05, 4.69) is 16.0 Å². The lowest BCUT2D eigenvalue weighted by Gasteiger charge is -2.32. The fourth-order valence-corrected chi connectivity index (χ4v) is 2.46. The number of amides is 2. The van der Waals surface area contributed by atoms with E-state index in [0.717, 1.165) is 13.0 Å². The maximum atomic E-state index is 13.8. The molecule has 122 valence electrons. The van der Waals surface area contributed by atoms with Crippen LogP contribution in [0.3, 0.4) is 0 Å². The first-order valence-corrected chi connectivity index (χ1v) is 7.29. The molecule has 0 spiro atoms. The van der Waals surface area contributed by atoms with E-state index >= 15 is 0 Å². The summed E-state index contributed by atoms with van der Waals surface area (Å²) >= 11 is 0. The average Bonchev–Trinajstić information content (AvgIpc) is 2.50. The van der Waals surface area contributed by atoms with E-state index in [1.165, 1.54) is 19.1 Å². The first-order chi connectivity index (χ1) is 10.4. The van der Waals surface area contributed by atoms with Gasteiger partial charge >= 0.3 is 6.03 Å². The lowest BCUT2D eigenvalue weighted by molar-refractivity contribution is 0.0194. The van der Waals surface area contributed by atoms with E-state index in [1.807, 2.05) is 0 Å². The van der Waals surface area contributed by atoms with Gasteiger partial charge in [0.05, 0.1) is 12.1 Å². The number of benzene rings is 1. The van der Waals surface area contributed by atoms with Gasteiger partial charge in [0, 0.05) is 18.7 Å². The summed E-state index contributed by atoms with van der Waals surface area (Å²) < 4.78 is 27.3. The molecule has 0 aliphatic carbocycles. The molecule has 0 aromatic heterocycles. The summed E-state index contributed by atoms with van der Waals surface area (Å²) in [6.07, 6.45) is 1.43. The molecule has 1 aliphatic heterocycles. The summed E-state index contributed by atoms with van der Waals surface area (Å²) in [6.45, 7) is 2.63. The van der Waals surface area contributed by atoms with E-state index in [4.69, 9.17) is 0 Å². The molecule has 1 saturated heterocycles. The minimum absolute atomic E-state index is 0.0879. The summed E-state index contributed by atoms with van der Waals surface area (Å²) in [5, 5.41) is 18.2. The molecule has 7 heteroatoms. The van der Waals surface area contributed by atoms with Gasteiger partial charge < -0.3 is 21.1 Å². The lowest BCUT2D eigenvalue weighted by Crippen LogP contribution is -2.54. The van der Waals surface area contributed by atoms with Crippen molar-refractivity contribution in [3.8, 4) is 0 Å². The molecule has 4 N–H and O–H groups in total. The Labute approximate surface area is 128 Å². The third kappa shape index (κ3) is 4.14. The second-order valence-corrected chi connectivity index (χ2v) is 5.70. The van der Waals surface area contributed by atoms with Crippen LogP contribution in [0.2, 0.25) is 0 Å². The molecule has 22 heavy (non-hydrogen) atoms. The third-order valence-electron chi connectivity index (χ3n) is 3.83. The maximum Gasteiger partial charge on any atom is 0.315 e. The first-order valence-electron chi connectivity index (χ1n) is 7.29. The Bertz CT molecular complexity index is 546.